The van der Waals surface area contributed by atoms with Crippen LogP contribution in [0.3, 0.4) is 0 Å². The van der Waals surface area contributed by atoms with E-state index in [1.165, 1.54) is 5.56 Å². The highest BCUT2D eigenvalue weighted by Gasteiger charge is 2.42. The van der Waals surface area contributed by atoms with Gasteiger partial charge >= 0.3 is 5.97 Å². The Morgan fingerprint density at radius 2 is 1.73 bits per heavy atom. The van der Waals surface area contributed by atoms with E-state index in [1.54, 1.807) is 18.2 Å². The molecule has 4 rings (SSSR count). The number of hydrogen-bond acceptors (Lipinski definition) is 4. The van der Waals surface area contributed by atoms with Crippen LogP contribution in [0.1, 0.15) is 81.2 Å². The number of nitrogens with one attached hydrogen (secondary N) is 1. The summed E-state index contributed by atoms with van der Waals surface area (Å²) in [6.07, 6.45) is 1.57. The lowest BCUT2D eigenvalue weighted by molar-refractivity contribution is -0.137. The van der Waals surface area contributed by atoms with Crippen LogP contribution >= 0.6 is 11.6 Å². The summed E-state index contributed by atoms with van der Waals surface area (Å²) in [5.74, 6) is -0.657. The number of rotatable bonds is 10. The average Bonchev–Trinajstić information content (AvgIpc) is 3.34. The number of likely N-dealkylation sites (N-methyl/N-ethyl adjacent to an activating group) is 1. The normalized spacial score (nSPS) is 18.6. The van der Waals surface area contributed by atoms with Crippen LogP contribution in [-0.4, -0.2) is 46.2 Å². The van der Waals surface area contributed by atoms with Crippen molar-refractivity contribution in [1.29, 1.82) is 0 Å². The average molecular weight is 560 g/mol. The number of halogens is 1. The van der Waals surface area contributed by atoms with Crippen molar-refractivity contribution in [3.05, 3.63) is 100 Å². The zero-order valence-electron chi connectivity index (χ0n) is 23.7. The maximum atomic E-state index is 13.7. The molecule has 0 aliphatic carbocycles. The van der Waals surface area contributed by atoms with Crippen molar-refractivity contribution in [2.75, 3.05) is 18.4 Å². The fraction of sp³-hybridized carbons (Fsp3) is 0.364. The molecular weight excluding hydrogens is 522 g/mol. The molecule has 3 aromatic carbocycles. The molecule has 2 atom stereocenters. The summed E-state index contributed by atoms with van der Waals surface area (Å²) in [7, 11) is 0. The minimum Gasteiger partial charge on any atom is -0.481 e. The van der Waals surface area contributed by atoms with Gasteiger partial charge in [0.25, 0.3) is 0 Å². The van der Waals surface area contributed by atoms with E-state index in [-0.39, 0.29) is 12.3 Å². The molecule has 40 heavy (non-hydrogen) atoms. The Hall–Kier alpha value is -3.48. The number of aliphatic carboxylic acids is 1. The van der Waals surface area contributed by atoms with Gasteiger partial charge in [-0.15, -0.1) is 0 Å². The predicted octanol–water partition coefficient (Wildman–Crippen LogP) is 7.33. The second-order valence-corrected chi connectivity index (χ2v) is 11.3. The standard InChI is InChI=1S/C33H38ClN3O3/c1-5-37-19-9-18-33(37,4)32(40)36-28-17-16-26(34)20-27(28)31(25-10-7-6-8-11-25)35-29(21-30(38)39)24-14-12-23(13-15-24)22(2)3/h6-8,10-17,20,22,29H,5,9,18-19,21H2,1-4H3,(H,36,40)(H,38,39)/t29-,33+/m0/s1. The van der Waals surface area contributed by atoms with Gasteiger partial charge in [-0.05, 0) is 68.1 Å². The number of likely N-dealkylation sites (tertiary alicyclic amines) is 1. The molecular formula is C33H38ClN3O3. The number of carbonyl (C=O) groups is 2. The van der Waals surface area contributed by atoms with Crippen molar-refractivity contribution in [2.24, 2.45) is 4.99 Å². The zero-order chi connectivity index (χ0) is 28.9. The van der Waals surface area contributed by atoms with Crippen molar-refractivity contribution in [3.8, 4) is 0 Å². The number of hydrogen-bond donors (Lipinski definition) is 2. The molecule has 1 heterocycles. The van der Waals surface area contributed by atoms with Gasteiger partial charge in [0.1, 0.15) is 0 Å². The van der Waals surface area contributed by atoms with Gasteiger partial charge in [0.05, 0.1) is 29.4 Å². The van der Waals surface area contributed by atoms with E-state index in [9.17, 15) is 14.7 Å². The third kappa shape index (κ3) is 6.62. The molecule has 1 saturated heterocycles. The monoisotopic (exact) mass is 559 g/mol. The van der Waals surface area contributed by atoms with Crippen LogP contribution in [0.5, 0.6) is 0 Å². The Morgan fingerprint density at radius 3 is 2.35 bits per heavy atom. The second kappa shape index (κ2) is 12.8. The van der Waals surface area contributed by atoms with Gasteiger partial charge in [0.2, 0.25) is 5.91 Å². The van der Waals surface area contributed by atoms with Crippen molar-refractivity contribution in [3.63, 3.8) is 0 Å². The first-order valence-electron chi connectivity index (χ1n) is 13.9. The van der Waals surface area contributed by atoms with Crippen molar-refractivity contribution in [2.45, 2.75) is 64.5 Å². The molecule has 1 fully saturated rings. The smallest absolute Gasteiger partial charge is 0.305 e. The zero-order valence-corrected chi connectivity index (χ0v) is 24.4. The molecule has 0 saturated carbocycles. The number of benzene rings is 3. The highest BCUT2D eigenvalue weighted by Crippen LogP contribution is 2.33. The first-order valence-corrected chi connectivity index (χ1v) is 14.3. The maximum Gasteiger partial charge on any atom is 0.305 e. The van der Waals surface area contributed by atoms with E-state index in [2.05, 4.69) is 31.0 Å². The van der Waals surface area contributed by atoms with Crippen LogP contribution in [0.2, 0.25) is 5.02 Å². The van der Waals surface area contributed by atoms with Crippen LogP contribution in [0.25, 0.3) is 0 Å². The SMILES string of the molecule is CCN1CCC[C@]1(C)C(=O)Nc1ccc(Cl)cc1C(=N[C@@H](CC(=O)O)c1ccc(C(C)C)cc1)c1ccccc1. The van der Waals surface area contributed by atoms with Gasteiger partial charge < -0.3 is 10.4 Å². The number of carboxylic acid groups (broad SMARTS) is 1. The lowest BCUT2D eigenvalue weighted by atomic mass is 9.95. The van der Waals surface area contributed by atoms with E-state index in [0.717, 1.165) is 37.1 Å². The Bertz CT molecular complexity index is 1370. The third-order valence-corrected chi connectivity index (χ3v) is 8.07. The van der Waals surface area contributed by atoms with Crippen LogP contribution in [0, 0.1) is 0 Å². The van der Waals surface area contributed by atoms with E-state index < -0.39 is 17.6 Å². The molecule has 1 amide bonds. The molecule has 1 aliphatic rings. The third-order valence-electron chi connectivity index (χ3n) is 7.83. The van der Waals surface area contributed by atoms with Crippen molar-refractivity contribution in [1.82, 2.24) is 4.90 Å². The fourth-order valence-electron chi connectivity index (χ4n) is 5.42. The molecule has 3 aromatic rings. The van der Waals surface area contributed by atoms with E-state index in [4.69, 9.17) is 16.6 Å². The van der Waals surface area contributed by atoms with Crippen LogP contribution < -0.4 is 5.32 Å². The molecule has 1 aliphatic heterocycles. The summed E-state index contributed by atoms with van der Waals surface area (Å²) in [5.41, 5.74) is 3.98. The van der Waals surface area contributed by atoms with E-state index >= 15 is 0 Å². The highest BCUT2D eigenvalue weighted by atomic mass is 35.5. The Labute approximate surface area is 242 Å². The van der Waals surface area contributed by atoms with Crippen LogP contribution in [-0.2, 0) is 9.59 Å². The lowest BCUT2D eigenvalue weighted by Gasteiger charge is -2.33. The molecule has 210 valence electrons. The molecule has 0 bridgehead atoms. The first-order chi connectivity index (χ1) is 19.1. The lowest BCUT2D eigenvalue weighted by Crippen LogP contribution is -2.50. The quantitative estimate of drug-likeness (QED) is 0.255. The number of carbonyl (C=O) groups excluding carboxylic acids is 1. The largest absolute Gasteiger partial charge is 0.481 e. The number of nitrogens with zero attached hydrogens (tertiary/aromatic N) is 2. The van der Waals surface area contributed by atoms with Gasteiger partial charge in [-0.1, -0.05) is 87.0 Å². The summed E-state index contributed by atoms with van der Waals surface area (Å²) in [6, 6.07) is 22.3. The van der Waals surface area contributed by atoms with Gasteiger partial charge in [0.15, 0.2) is 0 Å². The molecule has 0 spiro atoms. The van der Waals surface area contributed by atoms with Gasteiger partial charge in [0, 0.05) is 16.1 Å². The summed E-state index contributed by atoms with van der Waals surface area (Å²) in [6.45, 7) is 9.98. The maximum absolute atomic E-state index is 13.7. The van der Waals surface area contributed by atoms with Crippen LogP contribution in [0.4, 0.5) is 5.69 Å². The Morgan fingerprint density at radius 1 is 1.05 bits per heavy atom. The Balaban J connectivity index is 1.83. The van der Waals surface area contributed by atoms with Crippen molar-refractivity contribution < 1.29 is 14.7 Å². The molecule has 2 N–H and O–H groups in total. The van der Waals surface area contributed by atoms with Crippen LogP contribution in [0.15, 0.2) is 77.8 Å². The highest BCUT2D eigenvalue weighted by molar-refractivity contribution is 6.31. The van der Waals surface area contributed by atoms with E-state index in [0.29, 0.717) is 27.9 Å². The molecule has 6 nitrogen and oxygen atoms in total. The predicted molar refractivity (Wildman–Crippen MR) is 163 cm³/mol. The number of anilines is 1. The van der Waals surface area contributed by atoms with Crippen molar-refractivity contribution >= 4 is 34.9 Å². The molecule has 0 unspecified atom stereocenters. The second-order valence-electron chi connectivity index (χ2n) is 10.9. The molecule has 0 radical (unpaired) electrons. The first kappa shape index (κ1) is 29.5. The molecule has 0 aromatic heterocycles. The molecule has 7 heteroatoms. The van der Waals surface area contributed by atoms with Gasteiger partial charge in [-0.25, -0.2) is 0 Å². The fourth-order valence-corrected chi connectivity index (χ4v) is 5.59. The minimum absolute atomic E-state index is 0.0748. The summed E-state index contributed by atoms with van der Waals surface area (Å²) < 4.78 is 0. The summed E-state index contributed by atoms with van der Waals surface area (Å²) in [5, 5.41) is 13.5. The summed E-state index contributed by atoms with van der Waals surface area (Å²) in [4.78, 5) is 32.9. The number of amides is 1. The summed E-state index contributed by atoms with van der Waals surface area (Å²) >= 11 is 6.50. The minimum atomic E-state index is -0.942. The Kier molecular flexibility index (Phi) is 9.44. The van der Waals surface area contributed by atoms with Gasteiger partial charge in [-0.3, -0.25) is 19.5 Å². The van der Waals surface area contributed by atoms with E-state index in [1.807, 2.05) is 61.5 Å². The number of carboxylic acids is 1. The number of aliphatic imine (C=N–C) groups is 1. The topological polar surface area (TPSA) is 82.0 Å². The van der Waals surface area contributed by atoms with Gasteiger partial charge in [-0.2, -0.15) is 0 Å².